The molecule has 1 atom stereocenters. The summed E-state index contributed by atoms with van der Waals surface area (Å²) in [7, 11) is -2.10. The number of methoxy groups -OCH3 is 1. The lowest BCUT2D eigenvalue weighted by molar-refractivity contribution is 0.0735. The zero-order valence-electron chi connectivity index (χ0n) is 17.2. The highest BCUT2D eigenvalue weighted by Gasteiger charge is 2.31. The van der Waals surface area contributed by atoms with E-state index >= 15 is 0 Å². The molecule has 162 valence electrons. The van der Waals surface area contributed by atoms with Gasteiger partial charge in [0, 0.05) is 23.5 Å². The van der Waals surface area contributed by atoms with Gasteiger partial charge in [0.25, 0.3) is 5.91 Å². The van der Waals surface area contributed by atoms with Gasteiger partial charge in [-0.1, -0.05) is 24.3 Å². The number of carbonyl (C=O) groups is 1. The second-order valence-corrected chi connectivity index (χ2v) is 10.2. The molecule has 0 unspecified atom stereocenters. The summed E-state index contributed by atoms with van der Waals surface area (Å²) in [6.07, 6.45) is 1.76. The van der Waals surface area contributed by atoms with Crippen molar-refractivity contribution < 1.29 is 17.9 Å². The predicted octanol–water partition coefficient (Wildman–Crippen LogP) is 4.21. The third-order valence-corrected chi connectivity index (χ3v) is 7.68. The Morgan fingerprint density at radius 1 is 1.16 bits per heavy atom. The van der Waals surface area contributed by atoms with E-state index in [9.17, 15) is 13.2 Å². The van der Waals surface area contributed by atoms with Crippen molar-refractivity contribution in [3.05, 3.63) is 82.0 Å². The Bertz CT molecular complexity index is 1160. The van der Waals surface area contributed by atoms with Gasteiger partial charge in [-0.05, 0) is 60.2 Å². The minimum Gasteiger partial charge on any atom is -0.497 e. The summed E-state index contributed by atoms with van der Waals surface area (Å²) in [5.74, 6) is 0.585. The quantitative estimate of drug-likeness (QED) is 0.578. The molecule has 0 saturated carbocycles. The molecule has 0 radical (unpaired) electrons. The van der Waals surface area contributed by atoms with Gasteiger partial charge < -0.3 is 9.64 Å². The van der Waals surface area contributed by atoms with Crippen LogP contribution in [0.15, 0.2) is 70.9 Å². The molecule has 31 heavy (non-hydrogen) atoms. The zero-order valence-corrected chi connectivity index (χ0v) is 18.8. The van der Waals surface area contributed by atoms with E-state index in [-0.39, 0.29) is 23.4 Å². The molecular weight excluding hydrogens is 432 g/mol. The number of carbonyl (C=O) groups excluding carboxylic acids is 1. The van der Waals surface area contributed by atoms with Crippen LogP contribution in [0.2, 0.25) is 0 Å². The summed E-state index contributed by atoms with van der Waals surface area (Å²) >= 11 is 1.49. The van der Waals surface area contributed by atoms with Crippen LogP contribution in [0.5, 0.6) is 5.75 Å². The number of likely N-dealkylation sites (tertiary alicyclic amines) is 1. The van der Waals surface area contributed by atoms with E-state index in [1.807, 2.05) is 46.7 Å². The Balaban J connectivity index is 1.54. The Hall–Kier alpha value is -2.68. The number of hydrogen-bond acceptors (Lipinski definition) is 5. The van der Waals surface area contributed by atoms with Gasteiger partial charge >= 0.3 is 0 Å². The number of rotatable bonds is 7. The fourth-order valence-electron chi connectivity index (χ4n) is 3.83. The molecule has 2 aromatic carbocycles. The van der Waals surface area contributed by atoms with Crippen LogP contribution < -0.4 is 9.46 Å². The van der Waals surface area contributed by atoms with E-state index in [1.54, 1.807) is 19.2 Å². The second-order valence-electron chi connectivity index (χ2n) is 7.36. The Morgan fingerprint density at radius 2 is 2.00 bits per heavy atom. The van der Waals surface area contributed by atoms with Crippen LogP contribution in [0.4, 0.5) is 0 Å². The molecule has 1 aliphatic heterocycles. The van der Waals surface area contributed by atoms with Crippen molar-refractivity contribution >= 4 is 27.3 Å². The predicted molar refractivity (Wildman–Crippen MR) is 121 cm³/mol. The van der Waals surface area contributed by atoms with Crippen LogP contribution in [-0.2, 0) is 16.6 Å². The third-order valence-electron chi connectivity index (χ3n) is 5.40. The lowest BCUT2D eigenvalue weighted by Gasteiger charge is -2.25. The number of thiophene rings is 1. The van der Waals surface area contributed by atoms with Gasteiger partial charge in [-0.3, -0.25) is 4.79 Å². The van der Waals surface area contributed by atoms with Crippen molar-refractivity contribution in [1.82, 2.24) is 9.62 Å². The first-order valence-corrected chi connectivity index (χ1v) is 12.4. The number of benzene rings is 2. The maximum absolute atomic E-state index is 13.3. The molecule has 6 nitrogen and oxygen atoms in total. The maximum atomic E-state index is 13.3. The summed E-state index contributed by atoms with van der Waals surface area (Å²) in [5.41, 5.74) is 1.39. The monoisotopic (exact) mass is 456 g/mol. The Kier molecular flexibility index (Phi) is 6.41. The molecule has 1 fully saturated rings. The molecule has 0 spiro atoms. The molecule has 0 bridgehead atoms. The van der Waals surface area contributed by atoms with Gasteiger partial charge in [-0.2, -0.15) is 0 Å². The average Bonchev–Trinajstić information content (AvgIpc) is 3.49. The van der Waals surface area contributed by atoms with E-state index in [4.69, 9.17) is 4.74 Å². The van der Waals surface area contributed by atoms with Crippen molar-refractivity contribution in [2.75, 3.05) is 13.7 Å². The topological polar surface area (TPSA) is 75.7 Å². The van der Waals surface area contributed by atoms with E-state index in [0.29, 0.717) is 12.1 Å². The maximum Gasteiger partial charge on any atom is 0.254 e. The molecule has 1 aromatic heterocycles. The van der Waals surface area contributed by atoms with Crippen LogP contribution >= 0.6 is 11.3 Å². The van der Waals surface area contributed by atoms with Crippen LogP contribution in [0.1, 0.15) is 39.7 Å². The molecular formula is C23H24N2O4S2. The Morgan fingerprint density at radius 3 is 2.77 bits per heavy atom. The van der Waals surface area contributed by atoms with Crippen molar-refractivity contribution in [1.29, 1.82) is 0 Å². The number of sulfonamides is 1. The van der Waals surface area contributed by atoms with Crippen LogP contribution in [0, 0.1) is 0 Å². The molecule has 8 heteroatoms. The van der Waals surface area contributed by atoms with Gasteiger partial charge in [-0.15, -0.1) is 11.3 Å². The molecule has 3 aromatic rings. The highest BCUT2D eigenvalue weighted by molar-refractivity contribution is 7.89. The van der Waals surface area contributed by atoms with Crippen molar-refractivity contribution in [2.24, 2.45) is 0 Å². The largest absolute Gasteiger partial charge is 0.497 e. The van der Waals surface area contributed by atoms with Crippen LogP contribution in [0.25, 0.3) is 0 Å². The summed E-state index contributed by atoms with van der Waals surface area (Å²) in [4.78, 5) is 16.1. The van der Waals surface area contributed by atoms with E-state index in [2.05, 4.69) is 4.72 Å². The van der Waals surface area contributed by atoms with Gasteiger partial charge in [0.05, 0.1) is 18.0 Å². The van der Waals surface area contributed by atoms with Gasteiger partial charge in [-0.25, -0.2) is 13.1 Å². The third kappa shape index (κ3) is 4.81. The fourth-order valence-corrected chi connectivity index (χ4v) is 5.62. The second kappa shape index (κ2) is 9.21. The summed E-state index contributed by atoms with van der Waals surface area (Å²) < 4.78 is 33.4. The average molecular weight is 457 g/mol. The van der Waals surface area contributed by atoms with E-state index in [1.165, 1.54) is 23.5 Å². The Labute approximate surface area is 186 Å². The minimum atomic E-state index is -3.72. The highest BCUT2D eigenvalue weighted by Crippen LogP contribution is 2.34. The minimum absolute atomic E-state index is 0.0557. The number of ether oxygens (including phenoxy) is 1. The highest BCUT2D eigenvalue weighted by atomic mass is 32.2. The molecule has 0 aliphatic carbocycles. The SMILES string of the molecule is COc1cccc([C@@H]2CCCN2C(=O)c2cccc(S(=O)(=O)NCc3cccs3)c2)c1. The van der Waals surface area contributed by atoms with Gasteiger partial charge in [0.2, 0.25) is 10.0 Å². The first kappa shape index (κ1) is 21.5. The first-order chi connectivity index (χ1) is 15.0. The number of nitrogens with zero attached hydrogens (tertiary/aromatic N) is 1. The number of amides is 1. The smallest absolute Gasteiger partial charge is 0.254 e. The number of nitrogens with one attached hydrogen (secondary N) is 1. The molecule has 1 N–H and O–H groups in total. The lowest BCUT2D eigenvalue weighted by Crippen LogP contribution is -2.31. The van der Waals surface area contributed by atoms with Crippen molar-refractivity contribution in [2.45, 2.75) is 30.3 Å². The molecule has 1 saturated heterocycles. The van der Waals surface area contributed by atoms with Crippen LogP contribution in [-0.4, -0.2) is 32.9 Å². The summed E-state index contributed by atoms with van der Waals surface area (Å²) in [5, 5.41) is 1.90. The molecule has 2 heterocycles. The van der Waals surface area contributed by atoms with Gasteiger partial charge in [0.1, 0.15) is 5.75 Å². The first-order valence-electron chi connectivity index (χ1n) is 10.0. The van der Waals surface area contributed by atoms with E-state index < -0.39 is 10.0 Å². The molecule has 1 amide bonds. The zero-order chi connectivity index (χ0) is 21.8. The standard InChI is InChI=1S/C23H24N2O4S2/c1-29-19-8-2-6-17(14-19)22-11-4-12-25(22)23(26)18-7-3-10-21(15-18)31(27,28)24-16-20-9-5-13-30-20/h2-3,5-10,13-15,22,24H,4,11-12,16H2,1H3/t22-/m0/s1. The van der Waals surface area contributed by atoms with Crippen LogP contribution in [0.3, 0.4) is 0 Å². The molecule has 4 rings (SSSR count). The number of hydrogen-bond donors (Lipinski definition) is 1. The molecule has 1 aliphatic rings. The fraction of sp³-hybridized carbons (Fsp3) is 0.261. The van der Waals surface area contributed by atoms with Crippen molar-refractivity contribution in [3.63, 3.8) is 0 Å². The normalized spacial score (nSPS) is 16.4. The van der Waals surface area contributed by atoms with E-state index in [0.717, 1.165) is 29.0 Å². The lowest BCUT2D eigenvalue weighted by atomic mass is 10.0. The summed E-state index contributed by atoms with van der Waals surface area (Å²) in [6.45, 7) is 0.858. The van der Waals surface area contributed by atoms with Gasteiger partial charge in [0.15, 0.2) is 0 Å². The van der Waals surface area contributed by atoms with Crippen molar-refractivity contribution in [3.8, 4) is 5.75 Å². The summed E-state index contributed by atoms with van der Waals surface area (Å²) in [6, 6.07) is 17.7.